The number of amides is 2. The molecule has 1 fully saturated rings. The summed E-state index contributed by atoms with van der Waals surface area (Å²) in [7, 11) is 1.59. The normalized spacial score (nSPS) is 19.3. The smallest absolute Gasteiger partial charge is 0.268 e. The first-order chi connectivity index (χ1) is 11.7. The number of para-hydroxylation sites is 1. The fourth-order valence-electron chi connectivity index (χ4n) is 3.56. The second-order valence-electron chi connectivity index (χ2n) is 6.11. The Bertz CT molecular complexity index is 677. The van der Waals surface area contributed by atoms with Crippen molar-refractivity contribution in [2.24, 2.45) is 0 Å². The maximum atomic E-state index is 13.1. The molecule has 0 atom stereocenters. The highest BCUT2D eigenvalue weighted by atomic mass is 32.2. The van der Waals surface area contributed by atoms with Gasteiger partial charge >= 0.3 is 0 Å². The molecule has 1 aromatic carbocycles. The number of rotatable bonds is 5. The Balaban J connectivity index is 2.03. The number of nitrogens with zero attached hydrogens (tertiary/aromatic N) is 1. The molecule has 128 valence electrons. The zero-order valence-electron chi connectivity index (χ0n) is 14.2. The molecule has 0 aromatic heterocycles. The van der Waals surface area contributed by atoms with Gasteiger partial charge in [0.15, 0.2) is 0 Å². The van der Waals surface area contributed by atoms with Gasteiger partial charge in [-0.15, -0.1) is 11.8 Å². The summed E-state index contributed by atoms with van der Waals surface area (Å²) in [6.07, 6.45) is 5.20. The standard InChI is InChI=1S/C19H23NO3S/c1-3-24-17-16(14-11-7-8-12-15(14)23-2)18(21)20(19(17)22)13-9-5-4-6-10-13/h7-8,11-13H,3-6,9-10H2,1-2H3. The van der Waals surface area contributed by atoms with Crippen molar-refractivity contribution in [2.75, 3.05) is 12.9 Å². The van der Waals surface area contributed by atoms with Crippen LogP contribution in [0.15, 0.2) is 29.2 Å². The lowest BCUT2D eigenvalue weighted by molar-refractivity contribution is -0.139. The van der Waals surface area contributed by atoms with Gasteiger partial charge in [0.2, 0.25) is 0 Å². The first kappa shape index (κ1) is 17.1. The average Bonchev–Trinajstić information content (AvgIpc) is 2.86. The van der Waals surface area contributed by atoms with Gasteiger partial charge in [-0.3, -0.25) is 14.5 Å². The SMILES string of the molecule is CCSC1=C(c2ccccc2OC)C(=O)N(C2CCCCC2)C1=O. The Morgan fingerprint density at radius 1 is 1.12 bits per heavy atom. The second-order valence-corrected chi connectivity index (χ2v) is 7.38. The molecule has 1 heterocycles. The third-order valence-electron chi connectivity index (χ3n) is 4.68. The van der Waals surface area contributed by atoms with Crippen molar-refractivity contribution in [3.05, 3.63) is 34.7 Å². The predicted molar refractivity (Wildman–Crippen MR) is 96.8 cm³/mol. The van der Waals surface area contributed by atoms with Crippen LogP contribution in [0.3, 0.4) is 0 Å². The zero-order valence-corrected chi connectivity index (χ0v) is 15.0. The van der Waals surface area contributed by atoms with Crippen LogP contribution < -0.4 is 4.74 Å². The Hall–Kier alpha value is -1.75. The molecule has 0 spiro atoms. The summed E-state index contributed by atoms with van der Waals surface area (Å²) < 4.78 is 5.42. The fraction of sp³-hybridized carbons (Fsp3) is 0.474. The van der Waals surface area contributed by atoms with Gasteiger partial charge in [-0.2, -0.15) is 0 Å². The van der Waals surface area contributed by atoms with Crippen molar-refractivity contribution in [1.29, 1.82) is 0 Å². The highest BCUT2D eigenvalue weighted by Gasteiger charge is 2.43. The summed E-state index contributed by atoms with van der Waals surface area (Å²) >= 11 is 1.45. The van der Waals surface area contributed by atoms with Crippen LogP contribution in [0.5, 0.6) is 5.75 Å². The molecule has 0 unspecified atom stereocenters. The Kier molecular flexibility index (Phi) is 5.29. The number of carbonyl (C=O) groups is 2. The van der Waals surface area contributed by atoms with E-state index in [0.29, 0.717) is 21.8 Å². The summed E-state index contributed by atoms with van der Waals surface area (Å²) in [6, 6.07) is 7.48. The Morgan fingerprint density at radius 2 is 1.83 bits per heavy atom. The lowest BCUT2D eigenvalue weighted by atomic mass is 9.94. The van der Waals surface area contributed by atoms with E-state index < -0.39 is 0 Å². The molecule has 4 nitrogen and oxygen atoms in total. The van der Waals surface area contributed by atoms with Crippen LogP contribution in [-0.4, -0.2) is 35.6 Å². The minimum absolute atomic E-state index is 0.0402. The Morgan fingerprint density at radius 3 is 2.50 bits per heavy atom. The number of carbonyl (C=O) groups excluding carboxylic acids is 2. The van der Waals surface area contributed by atoms with Gasteiger partial charge in [0.05, 0.1) is 17.6 Å². The van der Waals surface area contributed by atoms with Gasteiger partial charge in [0.25, 0.3) is 11.8 Å². The monoisotopic (exact) mass is 345 g/mol. The summed E-state index contributed by atoms with van der Waals surface area (Å²) in [5.74, 6) is 1.10. The van der Waals surface area contributed by atoms with E-state index >= 15 is 0 Å². The van der Waals surface area contributed by atoms with Gasteiger partial charge in [-0.25, -0.2) is 0 Å². The fourth-order valence-corrected chi connectivity index (χ4v) is 4.42. The molecular formula is C19H23NO3S. The van der Waals surface area contributed by atoms with Gasteiger partial charge in [0.1, 0.15) is 5.75 Å². The highest BCUT2D eigenvalue weighted by Crippen LogP contribution is 2.41. The first-order valence-electron chi connectivity index (χ1n) is 8.57. The average molecular weight is 345 g/mol. The minimum Gasteiger partial charge on any atom is -0.496 e. The molecule has 1 aromatic rings. The molecule has 3 rings (SSSR count). The molecule has 0 N–H and O–H groups in total. The number of methoxy groups -OCH3 is 1. The Labute approximate surface area is 147 Å². The topological polar surface area (TPSA) is 46.6 Å². The van der Waals surface area contributed by atoms with E-state index in [1.165, 1.54) is 23.1 Å². The number of benzene rings is 1. The van der Waals surface area contributed by atoms with E-state index in [1.54, 1.807) is 7.11 Å². The molecule has 1 aliphatic carbocycles. The van der Waals surface area contributed by atoms with Gasteiger partial charge in [-0.1, -0.05) is 44.4 Å². The number of hydrogen-bond acceptors (Lipinski definition) is 4. The van der Waals surface area contributed by atoms with E-state index in [-0.39, 0.29) is 17.9 Å². The summed E-state index contributed by atoms with van der Waals surface area (Å²) in [4.78, 5) is 28.2. The lowest BCUT2D eigenvalue weighted by Crippen LogP contribution is -2.42. The highest BCUT2D eigenvalue weighted by molar-refractivity contribution is 8.04. The summed E-state index contributed by atoms with van der Waals surface area (Å²) in [5, 5.41) is 0. The van der Waals surface area contributed by atoms with Crippen LogP contribution in [0.4, 0.5) is 0 Å². The number of ether oxygens (including phenoxy) is 1. The molecule has 0 bridgehead atoms. The van der Waals surface area contributed by atoms with Crippen molar-refractivity contribution in [1.82, 2.24) is 4.90 Å². The molecule has 1 aliphatic heterocycles. The zero-order chi connectivity index (χ0) is 17.1. The number of hydrogen-bond donors (Lipinski definition) is 0. The summed E-state index contributed by atoms with van der Waals surface area (Å²) in [6.45, 7) is 2.00. The van der Waals surface area contributed by atoms with Gasteiger partial charge in [0, 0.05) is 11.6 Å². The second kappa shape index (κ2) is 7.43. The van der Waals surface area contributed by atoms with E-state index in [0.717, 1.165) is 31.4 Å². The quantitative estimate of drug-likeness (QED) is 0.760. The van der Waals surface area contributed by atoms with Crippen molar-refractivity contribution in [3.8, 4) is 5.75 Å². The third-order valence-corrected chi connectivity index (χ3v) is 5.63. The molecule has 1 saturated carbocycles. The number of thioether (sulfide) groups is 1. The molecule has 2 aliphatic rings. The molecular weight excluding hydrogens is 322 g/mol. The lowest BCUT2D eigenvalue weighted by Gasteiger charge is -2.30. The molecule has 2 amide bonds. The predicted octanol–water partition coefficient (Wildman–Crippen LogP) is 3.86. The van der Waals surface area contributed by atoms with Crippen molar-refractivity contribution in [2.45, 2.75) is 45.1 Å². The molecule has 0 saturated heterocycles. The summed E-state index contributed by atoms with van der Waals surface area (Å²) in [5.41, 5.74) is 1.22. The van der Waals surface area contributed by atoms with Crippen LogP contribution in [0.1, 0.15) is 44.6 Å². The van der Waals surface area contributed by atoms with Crippen LogP contribution in [0.2, 0.25) is 0 Å². The van der Waals surface area contributed by atoms with Crippen LogP contribution in [0, 0.1) is 0 Å². The third kappa shape index (κ3) is 2.97. The maximum Gasteiger partial charge on any atom is 0.268 e. The van der Waals surface area contributed by atoms with E-state index in [4.69, 9.17) is 4.74 Å². The molecule has 0 radical (unpaired) electrons. The van der Waals surface area contributed by atoms with Crippen LogP contribution in [0.25, 0.3) is 5.57 Å². The number of imide groups is 1. The van der Waals surface area contributed by atoms with Crippen molar-refractivity contribution >= 4 is 29.1 Å². The molecule has 24 heavy (non-hydrogen) atoms. The largest absolute Gasteiger partial charge is 0.496 e. The van der Waals surface area contributed by atoms with Crippen LogP contribution >= 0.6 is 11.8 Å². The van der Waals surface area contributed by atoms with Crippen molar-refractivity contribution < 1.29 is 14.3 Å². The van der Waals surface area contributed by atoms with Gasteiger partial charge in [-0.05, 0) is 24.7 Å². The van der Waals surface area contributed by atoms with E-state index in [1.807, 2.05) is 31.2 Å². The first-order valence-corrected chi connectivity index (χ1v) is 9.56. The minimum atomic E-state index is -0.160. The van der Waals surface area contributed by atoms with Crippen molar-refractivity contribution in [3.63, 3.8) is 0 Å². The van der Waals surface area contributed by atoms with Crippen LogP contribution in [-0.2, 0) is 9.59 Å². The maximum absolute atomic E-state index is 13.1. The van der Waals surface area contributed by atoms with E-state index in [2.05, 4.69) is 0 Å². The van der Waals surface area contributed by atoms with E-state index in [9.17, 15) is 9.59 Å². The molecule has 5 heteroatoms. The van der Waals surface area contributed by atoms with Gasteiger partial charge < -0.3 is 4.74 Å².